The quantitative estimate of drug-likeness (QED) is 0.703. The summed E-state index contributed by atoms with van der Waals surface area (Å²) in [6.45, 7) is 2.01. The van der Waals surface area contributed by atoms with Gasteiger partial charge in [0.15, 0.2) is 0 Å². The Morgan fingerprint density at radius 1 is 0.900 bits per heavy atom. The van der Waals surface area contributed by atoms with Crippen molar-refractivity contribution in [3.63, 3.8) is 0 Å². The van der Waals surface area contributed by atoms with Crippen molar-refractivity contribution in [3.05, 3.63) is 83.7 Å². The highest BCUT2D eigenvalue weighted by Gasteiger charge is 2.18. The number of hydrogen-bond donors (Lipinski definition) is 1. The summed E-state index contributed by atoms with van der Waals surface area (Å²) < 4.78 is 0. The molecule has 0 aliphatic rings. The number of carbonyl (C=O) groups excluding carboxylic acids is 1. The van der Waals surface area contributed by atoms with E-state index in [-0.39, 0.29) is 5.78 Å². The smallest absolute Gasteiger partial charge is 0.209 e. The van der Waals surface area contributed by atoms with E-state index < -0.39 is 0 Å². The Morgan fingerprint density at radius 2 is 1.50 bits per heavy atom. The molecule has 3 rings (SSSR count). The third-order valence-corrected chi connectivity index (χ3v) is 3.40. The van der Waals surface area contributed by atoms with Gasteiger partial charge in [-0.25, -0.2) is 0 Å². The molecule has 0 aliphatic heterocycles. The van der Waals surface area contributed by atoms with Crippen LogP contribution in [0.15, 0.2) is 66.9 Å². The lowest BCUT2D eigenvalue weighted by Crippen LogP contribution is -2.03. The van der Waals surface area contributed by atoms with Gasteiger partial charge in [-0.2, -0.15) is 0 Å². The SMILES string of the molecule is Cc1c[nH]c(C(=O)c2ccccc2)c1-c1ccccc1. The number of aromatic nitrogens is 1. The van der Waals surface area contributed by atoms with Gasteiger partial charge < -0.3 is 4.98 Å². The lowest BCUT2D eigenvalue weighted by Gasteiger charge is -2.05. The zero-order valence-electron chi connectivity index (χ0n) is 11.3. The predicted molar refractivity (Wildman–Crippen MR) is 80.8 cm³/mol. The highest BCUT2D eigenvalue weighted by atomic mass is 16.1. The maximum absolute atomic E-state index is 12.6. The fourth-order valence-corrected chi connectivity index (χ4v) is 2.41. The molecule has 0 aliphatic carbocycles. The number of rotatable bonds is 3. The van der Waals surface area contributed by atoms with E-state index in [9.17, 15) is 4.79 Å². The van der Waals surface area contributed by atoms with Gasteiger partial charge in [0.05, 0.1) is 5.69 Å². The lowest BCUT2D eigenvalue weighted by atomic mass is 9.98. The van der Waals surface area contributed by atoms with Gasteiger partial charge in [0.2, 0.25) is 5.78 Å². The van der Waals surface area contributed by atoms with E-state index in [1.165, 1.54) is 0 Å². The second kappa shape index (κ2) is 5.17. The fourth-order valence-electron chi connectivity index (χ4n) is 2.41. The number of ketones is 1. The van der Waals surface area contributed by atoms with Gasteiger partial charge in [-0.1, -0.05) is 60.7 Å². The first-order valence-corrected chi connectivity index (χ1v) is 6.60. The van der Waals surface area contributed by atoms with Gasteiger partial charge in [0.25, 0.3) is 0 Å². The largest absolute Gasteiger partial charge is 0.358 e. The second-order valence-corrected chi connectivity index (χ2v) is 4.78. The van der Waals surface area contributed by atoms with Crippen LogP contribution in [0.2, 0.25) is 0 Å². The third-order valence-electron chi connectivity index (χ3n) is 3.40. The van der Waals surface area contributed by atoms with Crippen molar-refractivity contribution in [2.45, 2.75) is 6.92 Å². The summed E-state index contributed by atoms with van der Waals surface area (Å²) in [7, 11) is 0. The fraction of sp³-hybridized carbons (Fsp3) is 0.0556. The minimum absolute atomic E-state index is 0.0255. The molecule has 2 aromatic carbocycles. The highest BCUT2D eigenvalue weighted by Crippen LogP contribution is 2.28. The molecule has 98 valence electrons. The minimum Gasteiger partial charge on any atom is -0.358 e. The van der Waals surface area contributed by atoms with Gasteiger partial charge in [-0.15, -0.1) is 0 Å². The molecule has 20 heavy (non-hydrogen) atoms. The molecule has 1 heterocycles. The van der Waals surface area contributed by atoms with Crippen molar-refractivity contribution in [3.8, 4) is 11.1 Å². The van der Waals surface area contributed by atoms with E-state index in [0.29, 0.717) is 11.3 Å². The van der Waals surface area contributed by atoms with Gasteiger partial charge in [0, 0.05) is 17.3 Å². The number of hydrogen-bond acceptors (Lipinski definition) is 1. The summed E-state index contributed by atoms with van der Waals surface area (Å²) in [6.07, 6.45) is 1.89. The van der Waals surface area contributed by atoms with Crippen LogP contribution in [-0.2, 0) is 0 Å². The maximum Gasteiger partial charge on any atom is 0.209 e. The van der Waals surface area contributed by atoms with Crippen molar-refractivity contribution >= 4 is 5.78 Å². The Labute approximate surface area is 118 Å². The van der Waals surface area contributed by atoms with Crippen molar-refractivity contribution in [2.75, 3.05) is 0 Å². The first kappa shape index (κ1) is 12.4. The molecule has 0 atom stereocenters. The molecule has 0 bridgehead atoms. The van der Waals surface area contributed by atoms with Gasteiger partial charge >= 0.3 is 0 Å². The van der Waals surface area contributed by atoms with E-state index >= 15 is 0 Å². The van der Waals surface area contributed by atoms with Crippen molar-refractivity contribution < 1.29 is 4.79 Å². The molecule has 2 nitrogen and oxygen atoms in total. The number of benzene rings is 2. The van der Waals surface area contributed by atoms with E-state index in [1.54, 1.807) is 0 Å². The first-order chi connectivity index (χ1) is 9.77. The van der Waals surface area contributed by atoms with Crippen LogP contribution in [0.3, 0.4) is 0 Å². The summed E-state index contributed by atoms with van der Waals surface area (Å²) >= 11 is 0. The molecule has 1 aromatic heterocycles. The standard InChI is InChI=1S/C18H15NO/c1-13-12-19-17(16(13)14-8-4-2-5-9-14)18(20)15-10-6-3-7-11-15/h2-12,19H,1H3. The van der Waals surface area contributed by atoms with E-state index in [2.05, 4.69) is 4.98 Å². The van der Waals surface area contributed by atoms with Crippen LogP contribution in [0, 0.1) is 6.92 Å². The zero-order chi connectivity index (χ0) is 13.9. The Morgan fingerprint density at radius 3 is 2.15 bits per heavy atom. The Bertz CT molecular complexity index is 727. The normalized spacial score (nSPS) is 10.4. The number of aryl methyl sites for hydroxylation is 1. The topological polar surface area (TPSA) is 32.9 Å². The van der Waals surface area contributed by atoms with Crippen molar-refractivity contribution in [1.82, 2.24) is 4.98 Å². The summed E-state index contributed by atoms with van der Waals surface area (Å²) in [5.41, 5.74) is 4.48. The Balaban J connectivity index is 2.11. The van der Waals surface area contributed by atoms with Crippen LogP contribution in [-0.4, -0.2) is 10.8 Å². The second-order valence-electron chi connectivity index (χ2n) is 4.78. The molecule has 0 spiro atoms. The van der Waals surface area contributed by atoms with Crippen LogP contribution in [0.1, 0.15) is 21.6 Å². The summed E-state index contributed by atoms with van der Waals surface area (Å²) in [5.74, 6) is 0.0255. The molecule has 2 heteroatoms. The number of H-pyrrole nitrogens is 1. The predicted octanol–water partition coefficient (Wildman–Crippen LogP) is 4.22. The van der Waals surface area contributed by atoms with Gasteiger partial charge in [-0.3, -0.25) is 4.79 Å². The van der Waals surface area contributed by atoms with Crippen molar-refractivity contribution in [2.24, 2.45) is 0 Å². The average Bonchev–Trinajstić information content (AvgIpc) is 2.90. The van der Waals surface area contributed by atoms with Crippen LogP contribution in [0.4, 0.5) is 0 Å². The van der Waals surface area contributed by atoms with Crippen LogP contribution < -0.4 is 0 Å². The molecule has 0 radical (unpaired) electrons. The average molecular weight is 261 g/mol. The Kier molecular flexibility index (Phi) is 3.21. The number of nitrogens with one attached hydrogen (secondary N) is 1. The Hall–Kier alpha value is -2.61. The van der Waals surface area contributed by atoms with E-state index in [4.69, 9.17) is 0 Å². The molecule has 0 fully saturated rings. The van der Waals surface area contributed by atoms with Crippen LogP contribution in [0.25, 0.3) is 11.1 Å². The van der Waals surface area contributed by atoms with E-state index in [1.807, 2.05) is 73.8 Å². The molecule has 0 saturated heterocycles. The van der Waals surface area contributed by atoms with Crippen LogP contribution >= 0.6 is 0 Å². The molecule has 0 saturated carbocycles. The lowest BCUT2D eigenvalue weighted by molar-refractivity contribution is 0.103. The monoisotopic (exact) mass is 261 g/mol. The van der Waals surface area contributed by atoms with Gasteiger partial charge in [-0.05, 0) is 18.1 Å². The summed E-state index contributed by atoms with van der Waals surface area (Å²) in [5, 5.41) is 0. The summed E-state index contributed by atoms with van der Waals surface area (Å²) in [4.78, 5) is 15.7. The molecule has 0 unspecified atom stereocenters. The highest BCUT2D eigenvalue weighted by molar-refractivity contribution is 6.12. The molecule has 1 N–H and O–H groups in total. The molecular formula is C18H15NO. The molecular weight excluding hydrogens is 246 g/mol. The first-order valence-electron chi connectivity index (χ1n) is 6.60. The van der Waals surface area contributed by atoms with Crippen molar-refractivity contribution in [1.29, 1.82) is 0 Å². The summed E-state index contributed by atoms with van der Waals surface area (Å²) in [6, 6.07) is 19.4. The molecule has 0 amide bonds. The number of carbonyl (C=O) groups is 1. The maximum atomic E-state index is 12.6. The zero-order valence-corrected chi connectivity index (χ0v) is 11.3. The van der Waals surface area contributed by atoms with Crippen LogP contribution in [0.5, 0.6) is 0 Å². The van der Waals surface area contributed by atoms with E-state index in [0.717, 1.165) is 16.7 Å². The molecule has 3 aromatic rings. The van der Waals surface area contributed by atoms with Gasteiger partial charge in [0.1, 0.15) is 0 Å². The number of aromatic amines is 1. The minimum atomic E-state index is 0.0255. The third kappa shape index (κ3) is 2.16.